The number of ether oxygens (including phenoxy) is 2. The van der Waals surface area contributed by atoms with Crippen LogP contribution in [-0.4, -0.2) is 72.9 Å². The summed E-state index contributed by atoms with van der Waals surface area (Å²) in [5.41, 5.74) is 5.54. The molecule has 12 nitrogen and oxygen atoms in total. The summed E-state index contributed by atoms with van der Waals surface area (Å²) in [5, 5.41) is 10.3. The number of carbonyl (C=O) groups excluding carboxylic acids is 4. The minimum atomic E-state index is -0.902. The Balaban J connectivity index is 1.90. The van der Waals surface area contributed by atoms with Gasteiger partial charge in [-0.05, 0) is 46.9 Å². The summed E-state index contributed by atoms with van der Waals surface area (Å²) in [7, 11) is 2.51. The summed E-state index contributed by atoms with van der Waals surface area (Å²) in [6.45, 7) is 11.8. The van der Waals surface area contributed by atoms with E-state index < -0.39 is 41.0 Å². The van der Waals surface area contributed by atoms with Crippen LogP contribution in [0.1, 0.15) is 59.1 Å². The molecule has 12 heteroatoms. The van der Waals surface area contributed by atoms with Gasteiger partial charge in [-0.2, -0.15) is 0 Å². The van der Waals surface area contributed by atoms with Gasteiger partial charge >= 0.3 is 12.2 Å². The molecular formula is C38H52N6O6. The van der Waals surface area contributed by atoms with Crippen LogP contribution in [0.5, 0.6) is 0 Å². The van der Waals surface area contributed by atoms with Crippen LogP contribution in [0.15, 0.2) is 79.0 Å². The number of methoxy groups -OCH3 is 2. The van der Waals surface area contributed by atoms with Crippen LogP contribution in [0.4, 0.5) is 9.59 Å². The monoisotopic (exact) mass is 688 g/mol. The topological polar surface area (TPSA) is 151 Å². The molecule has 0 aliphatic rings. The lowest BCUT2D eigenvalue weighted by Gasteiger charge is -2.34. The summed E-state index contributed by atoms with van der Waals surface area (Å²) in [4.78, 5) is 56.3. The van der Waals surface area contributed by atoms with E-state index in [1.807, 2.05) is 114 Å². The molecule has 1 heterocycles. The van der Waals surface area contributed by atoms with Crippen LogP contribution < -0.4 is 21.4 Å². The molecule has 3 aromatic rings. The molecular weight excluding hydrogens is 636 g/mol. The van der Waals surface area contributed by atoms with Crippen LogP contribution in [0.3, 0.4) is 0 Å². The Hall–Kier alpha value is -4.97. The van der Waals surface area contributed by atoms with E-state index in [9.17, 15) is 19.2 Å². The molecule has 0 spiro atoms. The van der Waals surface area contributed by atoms with Crippen LogP contribution in [-0.2, 0) is 32.0 Å². The van der Waals surface area contributed by atoms with Gasteiger partial charge in [0.05, 0.1) is 19.9 Å². The predicted molar refractivity (Wildman–Crippen MR) is 192 cm³/mol. The van der Waals surface area contributed by atoms with Gasteiger partial charge in [0, 0.05) is 30.9 Å². The van der Waals surface area contributed by atoms with Crippen molar-refractivity contribution in [3.8, 4) is 11.3 Å². The molecule has 1 aromatic heterocycles. The lowest BCUT2D eigenvalue weighted by Crippen LogP contribution is -2.58. The lowest BCUT2D eigenvalue weighted by atomic mass is 9.86. The van der Waals surface area contributed by atoms with E-state index in [1.54, 1.807) is 11.2 Å². The second-order valence-corrected chi connectivity index (χ2v) is 14.4. The maximum Gasteiger partial charge on any atom is 0.407 e. The minimum absolute atomic E-state index is 0.337. The van der Waals surface area contributed by atoms with Gasteiger partial charge in [0.1, 0.15) is 12.1 Å². The number of nitrogens with zero attached hydrogens (tertiary/aromatic N) is 2. The molecule has 0 fully saturated rings. The molecule has 4 amide bonds. The van der Waals surface area contributed by atoms with Gasteiger partial charge in [0.15, 0.2) is 0 Å². The number of amides is 4. The van der Waals surface area contributed by atoms with Gasteiger partial charge in [-0.15, -0.1) is 0 Å². The van der Waals surface area contributed by atoms with Crippen molar-refractivity contribution in [2.45, 2.75) is 79.1 Å². The number of carbonyl (C=O) groups is 4. The summed E-state index contributed by atoms with van der Waals surface area (Å²) in [5.74, 6) is -0.758. The number of benzene rings is 2. The molecule has 0 aliphatic carbocycles. The van der Waals surface area contributed by atoms with Crippen molar-refractivity contribution in [2.24, 2.45) is 10.8 Å². The molecule has 0 saturated heterocycles. The maximum atomic E-state index is 13.8. The van der Waals surface area contributed by atoms with E-state index in [4.69, 9.17) is 9.47 Å². The van der Waals surface area contributed by atoms with Gasteiger partial charge in [0.25, 0.3) is 5.91 Å². The standard InChI is InChI=1S/C38H52N6O6/c1-37(2,3)31(41-35(47)49-7)33(45)40-29(24-26-14-10-9-11-15-26)21-23-44(43-34(46)32(38(4,5)6)42-36(48)50-8)25-27-17-19-28(20-18-27)30-16-12-13-22-39-30/h9-20,22,29,31-32H,21,23-25H2,1-8H3,(H,40,45)(H,41,47)(H,42,48)(H,43,46)/t29-,31+,32-/m1/s1. The third-order valence-electron chi connectivity index (χ3n) is 8.13. The highest BCUT2D eigenvalue weighted by Crippen LogP contribution is 2.22. The Morgan fingerprint density at radius 3 is 1.78 bits per heavy atom. The van der Waals surface area contributed by atoms with Crippen LogP contribution in [0.2, 0.25) is 0 Å². The Labute approximate surface area is 295 Å². The third-order valence-corrected chi connectivity index (χ3v) is 8.13. The first-order valence-electron chi connectivity index (χ1n) is 16.7. The number of hydrogen-bond acceptors (Lipinski definition) is 8. The number of rotatable bonds is 14. The molecule has 50 heavy (non-hydrogen) atoms. The zero-order chi connectivity index (χ0) is 36.9. The van der Waals surface area contributed by atoms with E-state index in [0.717, 1.165) is 22.4 Å². The van der Waals surface area contributed by atoms with E-state index in [-0.39, 0.29) is 11.9 Å². The average Bonchev–Trinajstić information content (AvgIpc) is 3.08. The normalized spacial score (nSPS) is 13.4. The predicted octanol–water partition coefficient (Wildman–Crippen LogP) is 5.24. The summed E-state index contributed by atoms with van der Waals surface area (Å²) < 4.78 is 9.59. The zero-order valence-corrected chi connectivity index (χ0v) is 30.4. The number of hydrogen-bond donors (Lipinski definition) is 4. The van der Waals surface area contributed by atoms with Crippen molar-refractivity contribution >= 4 is 24.0 Å². The van der Waals surface area contributed by atoms with Crippen LogP contribution in [0.25, 0.3) is 11.3 Å². The molecule has 2 aromatic carbocycles. The fraction of sp³-hybridized carbons (Fsp3) is 0.447. The average molecular weight is 689 g/mol. The zero-order valence-electron chi connectivity index (χ0n) is 30.4. The van der Waals surface area contributed by atoms with Crippen LogP contribution >= 0.6 is 0 Å². The van der Waals surface area contributed by atoms with Gasteiger partial charge < -0.3 is 25.4 Å². The highest BCUT2D eigenvalue weighted by molar-refractivity contribution is 5.87. The Bertz CT molecular complexity index is 1540. The fourth-order valence-corrected chi connectivity index (χ4v) is 5.35. The van der Waals surface area contributed by atoms with Crippen molar-refractivity contribution in [2.75, 3.05) is 20.8 Å². The van der Waals surface area contributed by atoms with E-state index in [2.05, 4.69) is 26.4 Å². The Morgan fingerprint density at radius 1 is 0.700 bits per heavy atom. The molecule has 3 rings (SSSR count). The van der Waals surface area contributed by atoms with E-state index >= 15 is 0 Å². The first kappa shape index (κ1) is 39.5. The van der Waals surface area contributed by atoms with Crippen molar-refractivity contribution < 1.29 is 28.7 Å². The Morgan fingerprint density at radius 2 is 1.26 bits per heavy atom. The van der Waals surface area contributed by atoms with Crippen LogP contribution in [0, 0.1) is 10.8 Å². The van der Waals surface area contributed by atoms with Crippen molar-refractivity contribution in [1.82, 2.24) is 31.4 Å². The fourth-order valence-electron chi connectivity index (χ4n) is 5.35. The molecule has 0 aliphatic heterocycles. The van der Waals surface area contributed by atoms with Gasteiger partial charge in [-0.3, -0.25) is 20.0 Å². The highest BCUT2D eigenvalue weighted by Gasteiger charge is 2.36. The number of pyridine rings is 1. The number of nitrogens with one attached hydrogen (secondary N) is 4. The highest BCUT2D eigenvalue weighted by atomic mass is 16.5. The first-order valence-corrected chi connectivity index (χ1v) is 16.7. The maximum absolute atomic E-state index is 13.8. The van der Waals surface area contributed by atoms with E-state index in [1.165, 1.54) is 14.2 Å². The molecule has 0 bridgehead atoms. The van der Waals surface area contributed by atoms with Crippen molar-refractivity contribution in [3.63, 3.8) is 0 Å². The van der Waals surface area contributed by atoms with E-state index in [0.29, 0.717) is 25.9 Å². The largest absolute Gasteiger partial charge is 0.453 e. The van der Waals surface area contributed by atoms with Crippen molar-refractivity contribution in [1.29, 1.82) is 0 Å². The smallest absolute Gasteiger partial charge is 0.407 e. The molecule has 4 N–H and O–H groups in total. The summed E-state index contributed by atoms with van der Waals surface area (Å²) >= 11 is 0. The second kappa shape index (κ2) is 18.1. The number of alkyl carbamates (subject to hydrolysis) is 2. The van der Waals surface area contributed by atoms with Crippen molar-refractivity contribution in [3.05, 3.63) is 90.1 Å². The summed E-state index contributed by atoms with van der Waals surface area (Å²) in [6.07, 6.45) is 1.28. The first-order chi connectivity index (χ1) is 23.6. The molecule has 0 saturated carbocycles. The second-order valence-electron chi connectivity index (χ2n) is 14.4. The molecule has 0 unspecified atom stereocenters. The van der Waals surface area contributed by atoms with Gasteiger partial charge in [-0.25, -0.2) is 14.6 Å². The number of aromatic nitrogens is 1. The Kier molecular flexibility index (Phi) is 14.3. The van der Waals surface area contributed by atoms with Gasteiger partial charge in [-0.1, -0.05) is 102 Å². The number of hydrazine groups is 1. The SMILES string of the molecule is COC(=O)N[C@H](C(=O)NN(CC[C@H](Cc1ccccc1)NC(=O)[C@H](NC(=O)OC)C(C)(C)C)Cc1ccc(-c2ccccn2)cc1)C(C)(C)C. The van der Waals surface area contributed by atoms with Gasteiger partial charge in [0.2, 0.25) is 5.91 Å². The third kappa shape index (κ3) is 12.5. The minimum Gasteiger partial charge on any atom is -0.453 e. The lowest BCUT2D eigenvalue weighted by molar-refractivity contribution is -0.131. The quantitative estimate of drug-likeness (QED) is 0.168. The molecule has 3 atom stereocenters. The molecule has 270 valence electrons. The molecule has 0 radical (unpaired) electrons. The summed E-state index contributed by atoms with van der Waals surface area (Å²) in [6, 6.07) is 21.3.